The van der Waals surface area contributed by atoms with Crippen LogP contribution in [0, 0.1) is 17.5 Å². The zero-order valence-electron chi connectivity index (χ0n) is 16.0. The van der Waals surface area contributed by atoms with Gasteiger partial charge >= 0.3 is 0 Å². The van der Waals surface area contributed by atoms with Crippen LogP contribution in [0.1, 0.15) is 13.3 Å². The Balaban J connectivity index is 2.00. The van der Waals surface area contributed by atoms with Crippen LogP contribution >= 0.6 is 0 Å². The molecule has 156 valence electrons. The molecule has 2 aromatic rings. The summed E-state index contributed by atoms with van der Waals surface area (Å²) in [5.74, 6) is -4.97. The third kappa shape index (κ3) is 5.87. The van der Waals surface area contributed by atoms with E-state index in [2.05, 4.69) is 5.32 Å². The standard InChI is InChI=1S/C20H21F3N2O4/c1-3-10-25(18(27)12-29-16-7-5-4-6-15(16)28-2)11-17(26)24-14-9-8-13(21)19(22)20(14)23/h4-9H,3,10-12H2,1-2H3,(H,24,26). The summed E-state index contributed by atoms with van der Waals surface area (Å²) < 4.78 is 50.6. The molecule has 0 radical (unpaired) electrons. The van der Waals surface area contributed by atoms with Gasteiger partial charge in [-0.25, -0.2) is 13.2 Å². The first-order valence-electron chi connectivity index (χ1n) is 8.84. The van der Waals surface area contributed by atoms with Crippen molar-refractivity contribution in [2.75, 3.05) is 32.1 Å². The highest BCUT2D eigenvalue weighted by Crippen LogP contribution is 2.25. The molecule has 6 nitrogen and oxygen atoms in total. The normalized spacial score (nSPS) is 10.4. The monoisotopic (exact) mass is 410 g/mol. The molecule has 2 amide bonds. The van der Waals surface area contributed by atoms with Crippen molar-refractivity contribution in [3.8, 4) is 11.5 Å². The van der Waals surface area contributed by atoms with Gasteiger partial charge in [0.15, 0.2) is 35.6 Å². The molecule has 0 heterocycles. The maximum atomic E-state index is 13.7. The van der Waals surface area contributed by atoms with E-state index in [0.29, 0.717) is 24.0 Å². The Kier molecular flexibility index (Phi) is 7.88. The fourth-order valence-electron chi connectivity index (χ4n) is 2.52. The van der Waals surface area contributed by atoms with Crippen molar-refractivity contribution >= 4 is 17.5 Å². The Morgan fingerprint density at radius 1 is 1.03 bits per heavy atom. The molecule has 0 bridgehead atoms. The maximum absolute atomic E-state index is 13.7. The van der Waals surface area contributed by atoms with Gasteiger partial charge in [0, 0.05) is 6.54 Å². The number of carbonyl (C=O) groups excluding carboxylic acids is 2. The van der Waals surface area contributed by atoms with Crippen LogP contribution in [0.4, 0.5) is 18.9 Å². The highest BCUT2D eigenvalue weighted by Gasteiger charge is 2.20. The molecule has 0 aliphatic rings. The van der Waals surface area contributed by atoms with E-state index in [1.807, 2.05) is 6.92 Å². The zero-order valence-corrected chi connectivity index (χ0v) is 16.0. The Morgan fingerprint density at radius 2 is 1.72 bits per heavy atom. The van der Waals surface area contributed by atoms with Crippen molar-refractivity contribution in [3.05, 3.63) is 53.8 Å². The van der Waals surface area contributed by atoms with Crippen LogP contribution in [0.3, 0.4) is 0 Å². The van der Waals surface area contributed by atoms with E-state index in [1.54, 1.807) is 24.3 Å². The highest BCUT2D eigenvalue weighted by molar-refractivity contribution is 5.94. The molecule has 0 aliphatic carbocycles. The number of ether oxygens (including phenoxy) is 2. The molecule has 2 aromatic carbocycles. The van der Waals surface area contributed by atoms with E-state index < -0.39 is 41.5 Å². The largest absolute Gasteiger partial charge is 0.493 e. The number of hydrogen-bond acceptors (Lipinski definition) is 4. The number of anilines is 1. The van der Waals surface area contributed by atoms with Gasteiger partial charge in [-0.2, -0.15) is 0 Å². The lowest BCUT2D eigenvalue weighted by Crippen LogP contribution is -2.41. The third-order valence-corrected chi connectivity index (χ3v) is 3.91. The average Bonchev–Trinajstić information content (AvgIpc) is 2.72. The summed E-state index contributed by atoms with van der Waals surface area (Å²) in [5.41, 5.74) is -0.511. The van der Waals surface area contributed by atoms with Crippen molar-refractivity contribution in [2.45, 2.75) is 13.3 Å². The van der Waals surface area contributed by atoms with Crippen molar-refractivity contribution in [2.24, 2.45) is 0 Å². The molecule has 0 saturated carbocycles. The second-order valence-electron chi connectivity index (χ2n) is 6.03. The lowest BCUT2D eigenvalue weighted by Gasteiger charge is -2.22. The van der Waals surface area contributed by atoms with Gasteiger partial charge in [0.25, 0.3) is 5.91 Å². The first-order chi connectivity index (χ1) is 13.9. The lowest BCUT2D eigenvalue weighted by molar-refractivity contribution is -0.136. The number of hydrogen-bond donors (Lipinski definition) is 1. The lowest BCUT2D eigenvalue weighted by atomic mass is 10.2. The second-order valence-corrected chi connectivity index (χ2v) is 6.03. The van der Waals surface area contributed by atoms with Gasteiger partial charge in [0.2, 0.25) is 5.91 Å². The molecular weight excluding hydrogens is 389 g/mol. The second kappa shape index (κ2) is 10.4. The molecule has 9 heteroatoms. The van der Waals surface area contributed by atoms with Crippen LogP contribution in [0.5, 0.6) is 11.5 Å². The zero-order chi connectivity index (χ0) is 21.4. The van der Waals surface area contributed by atoms with Crippen molar-refractivity contribution < 1.29 is 32.2 Å². The SMILES string of the molecule is CCCN(CC(=O)Nc1ccc(F)c(F)c1F)C(=O)COc1ccccc1OC. The Labute approximate surface area is 166 Å². The first-order valence-corrected chi connectivity index (χ1v) is 8.84. The molecule has 0 unspecified atom stereocenters. The molecule has 0 atom stereocenters. The number of rotatable bonds is 9. The summed E-state index contributed by atoms with van der Waals surface area (Å²) in [6.45, 7) is 1.32. The first kappa shape index (κ1) is 22.1. The number of methoxy groups -OCH3 is 1. The summed E-state index contributed by atoms with van der Waals surface area (Å²) in [5, 5.41) is 2.14. The third-order valence-electron chi connectivity index (χ3n) is 3.91. The minimum Gasteiger partial charge on any atom is -0.493 e. The number of para-hydroxylation sites is 2. The van der Waals surface area contributed by atoms with Crippen LogP contribution in [-0.2, 0) is 9.59 Å². The van der Waals surface area contributed by atoms with Crippen LogP contribution in [0.2, 0.25) is 0 Å². The topological polar surface area (TPSA) is 67.9 Å². The molecule has 0 aliphatic heterocycles. The fourth-order valence-corrected chi connectivity index (χ4v) is 2.52. The minimum atomic E-state index is -1.69. The highest BCUT2D eigenvalue weighted by atomic mass is 19.2. The molecular formula is C20H21F3N2O4. The van der Waals surface area contributed by atoms with Crippen molar-refractivity contribution in [1.29, 1.82) is 0 Å². The number of benzene rings is 2. The number of amides is 2. The summed E-state index contributed by atoms with van der Waals surface area (Å²) >= 11 is 0. The number of halogens is 3. The quantitative estimate of drug-likeness (QED) is 0.644. The van der Waals surface area contributed by atoms with Crippen molar-refractivity contribution in [1.82, 2.24) is 4.90 Å². The van der Waals surface area contributed by atoms with Gasteiger partial charge in [-0.3, -0.25) is 9.59 Å². The Bertz CT molecular complexity index is 877. The Morgan fingerprint density at radius 3 is 2.38 bits per heavy atom. The predicted molar refractivity (Wildman–Crippen MR) is 100 cm³/mol. The van der Waals surface area contributed by atoms with Crippen LogP contribution in [0.25, 0.3) is 0 Å². The van der Waals surface area contributed by atoms with Gasteiger partial charge in [-0.05, 0) is 30.7 Å². The summed E-state index contributed by atoms with van der Waals surface area (Å²) in [6.07, 6.45) is 0.563. The maximum Gasteiger partial charge on any atom is 0.260 e. The predicted octanol–water partition coefficient (Wildman–Crippen LogP) is 3.37. The van der Waals surface area contributed by atoms with Crippen LogP contribution < -0.4 is 14.8 Å². The smallest absolute Gasteiger partial charge is 0.260 e. The molecule has 0 fully saturated rings. The number of nitrogens with one attached hydrogen (secondary N) is 1. The molecule has 0 spiro atoms. The van der Waals surface area contributed by atoms with Gasteiger partial charge in [-0.15, -0.1) is 0 Å². The van der Waals surface area contributed by atoms with Gasteiger partial charge < -0.3 is 19.7 Å². The van der Waals surface area contributed by atoms with E-state index in [1.165, 1.54) is 12.0 Å². The fraction of sp³-hybridized carbons (Fsp3) is 0.300. The minimum absolute atomic E-state index is 0.252. The molecule has 2 rings (SSSR count). The van der Waals surface area contributed by atoms with Gasteiger partial charge in [0.1, 0.15) is 0 Å². The van der Waals surface area contributed by atoms with Gasteiger partial charge in [-0.1, -0.05) is 19.1 Å². The molecule has 29 heavy (non-hydrogen) atoms. The number of carbonyl (C=O) groups is 2. The molecule has 0 saturated heterocycles. The van der Waals surface area contributed by atoms with Crippen LogP contribution in [0.15, 0.2) is 36.4 Å². The Hall–Kier alpha value is -3.23. The van der Waals surface area contributed by atoms with Gasteiger partial charge in [0.05, 0.1) is 19.3 Å². The van der Waals surface area contributed by atoms with Crippen molar-refractivity contribution in [3.63, 3.8) is 0 Å². The summed E-state index contributed by atoms with van der Waals surface area (Å²) in [6, 6.07) is 8.38. The summed E-state index contributed by atoms with van der Waals surface area (Å²) in [4.78, 5) is 25.9. The molecule has 1 N–H and O–H groups in total. The van der Waals surface area contributed by atoms with E-state index in [0.717, 1.165) is 6.07 Å². The van der Waals surface area contributed by atoms with E-state index in [-0.39, 0.29) is 13.2 Å². The summed E-state index contributed by atoms with van der Waals surface area (Å²) in [7, 11) is 1.47. The molecule has 0 aromatic heterocycles. The van der Waals surface area contributed by atoms with E-state index in [4.69, 9.17) is 9.47 Å². The van der Waals surface area contributed by atoms with Crippen LogP contribution in [-0.4, -0.2) is 43.5 Å². The number of nitrogens with zero attached hydrogens (tertiary/aromatic N) is 1. The van der Waals surface area contributed by atoms with E-state index >= 15 is 0 Å². The van der Waals surface area contributed by atoms with E-state index in [9.17, 15) is 22.8 Å². The average molecular weight is 410 g/mol.